The number of carbonyl (C=O) groups is 1. The topological polar surface area (TPSA) is 45.5 Å². The van der Waals surface area contributed by atoms with E-state index >= 15 is 0 Å². The second kappa shape index (κ2) is 5.37. The predicted octanol–water partition coefficient (Wildman–Crippen LogP) is 1.52. The Morgan fingerprint density at radius 1 is 1.44 bits per heavy atom. The molecule has 0 saturated carbocycles. The van der Waals surface area contributed by atoms with Crippen LogP contribution in [-0.2, 0) is 0 Å². The molecule has 0 aromatic carbocycles. The van der Waals surface area contributed by atoms with Crippen LogP contribution < -0.4 is 5.32 Å². The normalized spacial score (nSPS) is 25.0. The van der Waals surface area contributed by atoms with Gasteiger partial charge in [-0.05, 0) is 19.9 Å². The van der Waals surface area contributed by atoms with Crippen LogP contribution in [0.4, 0.5) is 0 Å². The number of piperazine rings is 1. The molecule has 90 valence electrons. The maximum atomic E-state index is 12.0. The average Bonchev–Trinajstić information content (AvgIpc) is 2.67. The third kappa shape index (κ3) is 2.77. The molecule has 2 unspecified atom stereocenters. The van der Waals surface area contributed by atoms with E-state index in [9.17, 15) is 4.79 Å². The molecule has 5 heteroatoms. The van der Waals surface area contributed by atoms with E-state index in [2.05, 4.69) is 19.2 Å². The van der Waals surface area contributed by atoms with Crippen LogP contribution in [0.2, 0.25) is 0 Å². The summed E-state index contributed by atoms with van der Waals surface area (Å²) in [5.74, 6) is 0.0592. The molecule has 0 aliphatic carbocycles. The number of hydrogen-bond donors (Lipinski definition) is 1. The van der Waals surface area contributed by atoms with Gasteiger partial charge in [0.25, 0.3) is 5.91 Å². The minimum Gasteiger partial charge on any atom is -0.472 e. The first kappa shape index (κ1) is 13.1. The number of halogens is 1. The molecule has 1 aliphatic heterocycles. The number of nitrogens with zero attached hydrogens (tertiary/aromatic N) is 1. The second-order valence-electron chi connectivity index (χ2n) is 4.19. The molecule has 1 aromatic heterocycles. The minimum atomic E-state index is 0. The van der Waals surface area contributed by atoms with E-state index < -0.39 is 0 Å². The highest BCUT2D eigenvalue weighted by atomic mass is 35.5. The van der Waals surface area contributed by atoms with Gasteiger partial charge >= 0.3 is 0 Å². The molecular weight excluding hydrogens is 228 g/mol. The van der Waals surface area contributed by atoms with Crippen molar-refractivity contribution in [3.8, 4) is 0 Å². The van der Waals surface area contributed by atoms with E-state index in [1.54, 1.807) is 6.07 Å². The van der Waals surface area contributed by atoms with Crippen molar-refractivity contribution in [2.45, 2.75) is 25.9 Å². The van der Waals surface area contributed by atoms with Crippen molar-refractivity contribution >= 4 is 18.3 Å². The quantitative estimate of drug-likeness (QED) is 0.815. The number of amides is 1. The summed E-state index contributed by atoms with van der Waals surface area (Å²) in [6, 6.07) is 2.41. The molecule has 1 aromatic rings. The van der Waals surface area contributed by atoms with Crippen LogP contribution in [0.15, 0.2) is 23.0 Å². The molecule has 4 nitrogen and oxygen atoms in total. The Bertz CT molecular complexity index is 330. The van der Waals surface area contributed by atoms with Crippen LogP contribution >= 0.6 is 12.4 Å². The monoisotopic (exact) mass is 244 g/mol. The van der Waals surface area contributed by atoms with E-state index in [-0.39, 0.29) is 18.3 Å². The minimum absolute atomic E-state index is 0. The summed E-state index contributed by atoms with van der Waals surface area (Å²) in [6.45, 7) is 5.69. The average molecular weight is 245 g/mol. The fraction of sp³-hybridized carbons (Fsp3) is 0.545. The van der Waals surface area contributed by atoms with Gasteiger partial charge in [-0.25, -0.2) is 0 Å². The van der Waals surface area contributed by atoms with Crippen molar-refractivity contribution in [3.63, 3.8) is 0 Å². The number of nitrogens with one attached hydrogen (secondary N) is 1. The lowest BCUT2D eigenvalue weighted by atomic mass is 10.1. The van der Waals surface area contributed by atoms with Gasteiger partial charge < -0.3 is 14.6 Å². The van der Waals surface area contributed by atoms with Crippen molar-refractivity contribution < 1.29 is 9.21 Å². The van der Waals surface area contributed by atoms with E-state index in [0.29, 0.717) is 17.6 Å². The van der Waals surface area contributed by atoms with E-state index in [4.69, 9.17) is 4.42 Å². The SMILES string of the molecule is CC1CN(C(=O)c2ccoc2)CC(C)N1.Cl. The highest BCUT2D eigenvalue weighted by Gasteiger charge is 2.25. The summed E-state index contributed by atoms with van der Waals surface area (Å²) in [5.41, 5.74) is 0.635. The lowest BCUT2D eigenvalue weighted by Crippen LogP contribution is -2.55. The van der Waals surface area contributed by atoms with Gasteiger partial charge in [-0.1, -0.05) is 0 Å². The van der Waals surface area contributed by atoms with Gasteiger partial charge in [-0.2, -0.15) is 0 Å². The lowest BCUT2D eigenvalue weighted by Gasteiger charge is -2.35. The zero-order valence-corrected chi connectivity index (χ0v) is 10.3. The molecule has 1 aliphatic rings. The summed E-state index contributed by atoms with van der Waals surface area (Å²) in [5, 5.41) is 3.39. The van der Waals surface area contributed by atoms with Crippen LogP contribution in [0.5, 0.6) is 0 Å². The summed E-state index contributed by atoms with van der Waals surface area (Å²) >= 11 is 0. The van der Waals surface area contributed by atoms with Crippen molar-refractivity contribution in [1.29, 1.82) is 0 Å². The summed E-state index contributed by atoms with van der Waals surface area (Å²) in [6.07, 6.45) is 3.03. The van der Waals surface area contributed by atoms with Crippen LogP contribution in [0.3, 0.4) is 0 Å². The standard InChI is InChI=1S/C11H16N2O2.ClH/c1-8-5-13(6-9(2)12-8)11(14)10-3-4-15-7-10;/h3-4,7-9,12H,5-6H2,1-2H3;1H. The fourth-order valence-electron chi connectivity index (χ4n) is 2.06. The highest BCUT2D eigenvalue weighted by Crippen LogP contribution is 2.10. The first-order valence-electron chi connectivity index (χ1n) is 5.24. The van der Waals surface area contributed by atoms with Gasteiger partial charge in [0.15, 0.2) is 0 Å². The van der Waals surface area contributed by atoms with Crippen LogP contribution in [0.1, 0.15) is 24.2 Å². The summed E-state index contributed by atoms with van der Waals surface area (Å²) < 4.78 is 4.92. The van der Waals surface area contributed by atoms with Gasteiger partial charge in [-0.3, -0.25) is 4.79 Å². The highest BCUT2D eigenvalue weighted by molar-refractivity contribution is 5.93. The molecule has 0 radical (unpaired) electrons. The molecule has 1 N–H and O–H groups in total. The zero-order chi connectivity index (χ0) is 10.8. The summed E-state index contributed by atoms with van der Waals surface area (Å²) in [4.78, 5) is 13.9. The third-order valence-corrected chi connectivity index (χ3v) is 2.61. The van der Waals surface area contributed by atoms with E-state index in [0.717, 1.165) is 13.1 Å². The second-order valence-corrected chi connectivity index (χ2v) is 4.19. The van der Waals surface area contributed by atoms with Gasteiger partial charge in [0.05, 0.1) is 11.8 Å². The number of hydrogen-bond acceptors (Lipinski definition) is 3. The molecular formula is C11H17ClN2O2. The summed E-state index contributed by atoms with van der Waals surface area (Å²) in [7, 11) is 0. The van der Waals surface area contributed by atoms with Gasteiger partial charge in [0, 0.05) is 25.2 Å². The molecule has 0 spiro atoms. The third-order valence-electron chi connectivity index (χ3n) is 2.61. The van der Waals surface area contributed by atoms with Gasteiger partial charge in [-0.15, -0.1) is 12.4 Å². The lowest BCUT2D eigenvalue weighted by molar-refractivity contribution is 0.0673. The van der Waals surface area contributed by atoms with Crippen molar-refractivity contribution in [2.24, 2.45) is 0 Å². The Morgan fingerprint density at radius 3 is 2.56 bits per heavy atom. The Labute approximate surface area is 101 Å². The fourth-order valence-corrected chi connectivity index (χ4v) is 2.06. The van der Waals surface area contributed by atoms with Crippen molar-refractivity contribution in [1.82, 2.24) is 10.2 Å². The number of furan rings is 1. The molecule has 2 heterocycles. The van der Waals surface area contributed by atoms with Gasteiger partial charge in [0.1, 0.15) is 6.26 Å². The number of rotatable bonds is 1. The van der Waals surface area contributed by atoms with E-state index in [1.807, 2.05) is 4.90 Å². The van der Waals surface area contributed by atoms with E-state index in [1.165, 1.54) is 12.5 Å². The first-order valence-corrected chi connectivity index (χ1v) is 5.24. The smallest absolute Gasteiger partial charge is 0.257 e. The molecule has 1 fully saturated rings. The largest absolute Gasteiger partial charge is 0.472 e. The van der Waals surface area contributed by atoms with Crippen LogP contribution in [0.25, 0.3) is 0 Å². The van der Waals surface area contributed by atoms with Gasteiger partial charge in [0.2, 0.25) is 0 Å². The molecule has 1 saturated heterocycles. The van der Waals surface area contributed by atoms with Crippen molar-refractivity contribution in [2.75, 3.05) is 13.1 Å². The maximum Gasteiger partial charge on any atom is 0.257 e. The predicted molar refractivity (Wildman–Crippen MR) is 63.9 cm³/mol. The molecule has 2 rings (SSSR count). The molecule has 0 bridgehead atoms. The Morgan fingerprint density at radius 2 is 2.06 bits per heavy atom. The Kier molecular flexibility index (Phi) is 4.38. The van der Waals surface area contributed by atoms with Crippen LogP contribution in [-0.4, -0.2) is 36.0 Å². The Balaban J connectivity index is 0.00000128. The molecule has 2 atom stereocenters. The molecule has 1 amide bonds. The van der Waals surface area contributed by atoms with Crippen molar-refractivity contribution in [3.05, 3.63) is 24.2 Å². The number of carbonyl (C=O) groups excluding carboxylic acids is 1. The first-order chi connectivity index (χ1) is 7.16. The Hall–Kier alpha value is -1.00. The molecule has 16 heavy (non-hydrogen) atoms. The zero-order valence-electron chi connectivity index (χ0n) is 9.47. The van der Waals surface area contributed by atoms with Crippen LogP contribution in [0, 0.1) is 0 Å². The maximum absolute atomic E-state index is 12.0.